The van der Waals surface area contributed by atoms with Crippen molar-refractivity contribution in [3.63, 3.8) is 0 Å². The van der Waals surface area contributed by atoms with Crippen molar-refractivity contribution in [3.8, 4) is 0 Å². The Morgan fingerprint density at radius 2 is 1.25 bits per heavy atom. The van der Waals surface area contributed by atoms with E-state index >= 15 is 0 Å². The van der Waals surface area contributed by atoms with E-state index in [1.807, 2.05) is 42.5 Å². The van der Waals surface area contributed by atoms with Crippen LogP contribution in [0.1, 0.15) is 0 Å². The number of hydrogen-bond acceptors (Lipinski definition) is 3. The van der Waals surface area contributed by atoms with Gasteiger partial charge in [0.25, 0.3) is 0 Å². The van der Waals surface area contributed by atoms with Crippen molar-refractivity contribution in [3.05, 3.63) is 65.7 Å². The molecule has 4 rings (SSSR count). The molecule has 114 valence electrons. The van der Waals surface area contributed by atoms with Crippen LogP contribution in [-0.2, 0) is 4.57 Å². The minimum atomic E-state index is -4.96. The average molecular weight is 381 g/mol. The van der Waals surface area contributed by atoms with Crippen molar-refractivity contribution < 1.29 is 14.4 Å². The Morgan fingerprint density at radius 1 is 0.708 bits per heavy atom. The molecular weight excluding hydrogens is 371 g/mol. The second-order valence-corrected chi connectivity index (χ2v) is 7.29. The molecule has 6 heteroatoms. The zero-order valence-corrected chi connectivity index (χ0v) is 16.4. The summed E-state index contributed by atoms with van der Waals surface area (Å²) in [7, 11) is -4.96. The second-order valence-electron chi connectivity index (χ2n) is 5.44. The number of benzene rings is 4. The third kappa shape index (κ3) is 2.89. The van der Waals surface area contributed by atoms with Crippen molar-refractivity contribution in [2.75, 3.05) is 0 Å². The third-order valence-electron chi connectivity index (χ3n) is 4.12. The standard InChI is InChI=1S/C18H12ClO3P.Ca/c19-17-10-9-15-14-6-5-11-3-1-2-4-12(11)13(14)7-8-16(15)18(17)23(20,21)22;/h1-10H,(H2,20,21,22);/q;+2/p-2. The summed E-state index contributed by atoms with van der Waals surface area (Å²) in [6.07, 6.45) is 0. The Kier molecular flexibility index (Phi) is 4.98. The molecule has 24 heavy (non-hydrogen) atoms. The maximum atomic E-state index is 11.6. The van der Waals surface area contributed by atoms with E-state index in [1.54, 1.807) is 12.1 Å². The van der Waals surface area contributed by atoms with Gasteiger partial charge in [-0.25, -0.2) is 0 Å². The van der Waals surface area contributed by atoms with E-state index in [0.29, 0.717) is 10.8 Å². The maximum Gasteiger partial charge on any atom is 2.00 e. The minimum absolute atomic E-state index is 0. The topological polar surface area (TPSA) is 63.2 Å². The van der Waals surface area contributed by atoms with Crippen molar-refractivity contribution in [2.45, 2.75) is 0 Å². The van der Waals surface area contributed by atoms with E-state index in [1.165, 1.54) is 6.07 Å². The number of halogens is 1. The number of rotatable bonds is 1. The summed E-state index contributed by atoms with van der Waals surface area (Å²) in [4.78, 5) is 23.2. The van der Waals surface area contributed by atoms with Crippen LogP contribution in [0, 0.1) is 0 Å². The predicted octanol–water partition coefficient (Wildman–Crippen LogP) is 2.96. The normalized spacial score (nSPS) is 11.8. The second kappa shape index (κ2) is 6.58. The quantitative estimate of drug-likeness (QED) is 0.290. The van der Waals surface area contributed by atoms with Crippen LogP contribution < -0.4 is 15.1 Å². The Hall–Kier alpha value is -0.640. The van der Waals surface area contributed by atoms with Gasteiger partial charge >= 0.3 is 37.7 Å². The van der Waals surface area contributed by atoms with Crippen molar-refractivity contribution >= 4 is 94.6 Å². The summed E-state index contributed by atoms with van der Waals surface area (Å²) in [5, 5.41) is 4.80. The number of hydrogen-bond donors (Lipinski definition) is 0. The monoisotopic (exact) mass is 380 g/mol. The average Bonchev–Trinajstić information content (AvgIpc) is 2.52. The molecular formula is C18H10CaClO3P. The first kappa shape index (κ1) is 18.2. The first-order valence-corrected chi connectivity index (χ1v) is 8.94. The fraction of sp³-hybridized carbons (Fsp3) is 0. The van der Waals surface area contributed by atoms with Crippen molar-refractivity contribution in [1.29, 1.82) is 0 Å². The van der Waals surface area contributed by atoms with Gasteiger partial charge in [-0.1, -0.05) is 66.2 Å². The van der Waals surface area contributed by atoms with Gasteiger partial charge in [0.05, 0.1) is 0 Å². The maximum absolute atomic E-state index is 11.6. The fourth-order valence-electron chi connectivity index (χ4n) is 3.14. The van der Waals surface area contributed by atoms with Crippen LogP contribution in [0.4, 0.5) is 0 Å². The van der Waals surface area contributed by atoms with Gasteiger partial charge in [-0.3, -0.25) is 0 Å². The molecule has 0 aliphatic heterocycles. The van der Waals surface area contributed by atoms with Crippen LogP contribution in [0.3, 0.4) is 0 Å². The molecule has 0 unspecified atom stereocenters. The fourth-order valence-corrected chi connectivity index (χ4v) is 4.44. The Bertz CT molecular complexity index is 1140. The molecule has 0 saturated heterocycles. The third-order valence-corrected chi connectivity index (χ3v) is 5.60. The Balaban J connectivity index is 0.00000169. The van der Waals surface area contributed by atoms with Crippen molar-refractivity contribution in [2.24, 2.45) is 0 Å². The van der Waals surface area contributed by atoms with Crippen LogP contribution in [0.25, 0.3) is 32.3 Å². The van der Waals surface area contributed by atoms with E-state index in [4.69, 9.17) is 11.6 Å². The van der Waals surface area contributed by atoms with Gasteiger partial charge < -0.3 is 14.4 Å². The van der Waals surface area contributed by atoms with Crippen LogP contribution in [0.2, 0.25) is 5.02 Å². The predicted molar refractivity (Wildman–Crippen MR) is 97.0 cm³/mol. The zero-order valence-electron chi connectivity index (χ0n) is 12.5. The molecule has 0 atom stereocenters. The van der Waals surface area contributed by atoms with Gasteiger partial charge in [0, 0.05) is 10.3 Å². The van der Waals surface area contributed by atoms with Gasteiger partial charge in [-0.2, -0.15) is 0 Å². The largest absolute Gasteiger partial charge is 2.00 e. The SMILES string of the molecule is O=P([O-])([O-])c1c(Cl)ccc2c1ccc1c3ccccc3ccc21.[Ca+2]. The first-order chi connectivity index (χ1) is 11.0. The van der Waals surface area contributed by atoms with Crippen LogP contribution in [-0.4, -0.2) is 37.7 Å². The smallest absolute Gasteiger partial charge is 0.807 e. The van der Waals surface area contributed by atoms with E-state index < -0.39 is 7.60 Å². The summed E-state index contributed by atoms with van der Waals surface area (Å²) < 4.78 is 11.6. The summed E-state index contributed by atoms with van der Waals surface area (Å²) in [6.45, 7) is 0. The van der Waals surface area contributed by atoms with E-state index in [2.05, 4.69) is 0 Å². The molecule has 0 amide bonds. The molecule has 4 aromatic rings. The van der Waals surface area contributed by atoms with Gasteiger partial charge in [-0.05, 0) is 46.0 Å². The first-order valence-electron chi connectivity index (χ1n) is 7.02. The van der Waals surface area contributed by atoms with E-state index in [9.17, 15) is 14.4 Å². The van der Waals surface area contributed by atoms with Gasteiger partial charge in [0.1, 0.15) is 0 Å². The molecule has 0 aliphatic carbocycles. The van der Waals surface area contributed by atoms with Crippen LogP contribution >= 0.6 is 19.2 Å². The van der Waals surface area contributed by atoms with Gasteiger partial charge in [0.2, 0.25) is 0 Å². The Morgan fingerprint density at radius 3 is 2.00 bits per heavy atom. The number of fused-ring (bicyclic) bond motifs is 5. The van der Waals surface area contributed by atoms with Crippen LogP contribution in [0.5, 0.6) is 0 Å². The summed E-state index contributed by atoms with van der Waals surface area (Å²) in [6, 6.07) is 18.6. The summed E-state index contributed by atoms with van der Waals surface area (Å²) in [5.41, 5.74) is 0. The zero-order chi connectivity index (χ0) is 16.2. The molecule has 3 nitrogen and oxygen atoms in total. The Labute approximate surface area is 173 Å². The van der Waals surface area contributed by atoms with Crippen molar-refractivity contribution in [1.82, 2.24) is 0 Å². The van der Waals surface area contributed by atoms with E-state index in [0.717, 1.165) is 21.5 Å². The van der Waals surface area contributed by atoms with Gasteiger partial charge in [0.15, 0.2) is 0 Å². The molecule has 0 aromatic heterocycles. The van der Waals surface area contributed by atoms with Crippen LogP contribution in [0.15, 0.2) is 60.7 Å². The molecule has 0 saturated carbocycles. The molecule has 4 aromatic carbocycles. The molecule has 0 fully saturated rings. The molecule has 0 heterocycles. The molecule has 0 aliphatic rings. The molecule has 0 spiro atoms. The molecule has 0 bridgehead atoms. The van der Waals surface area contributed by atoms with E-state index in [-0.39, 0.29) is 48.1 Å². The summed E-state index contributed by atoms with van der Waals surface area (Å²) in [5.74, 6) is 0. The summed E-state index contributed by atoms with van der Waals surface area (Å²) >= 11 is 5.96. The van der Waals surface area contributed by atoms with Gasteiger partial charge in [-0.15, -0.1) is 0 Å². The molecule has 0 N–H and O–H groups in total. The minimum Gasteiger partial charge on any atom is -0.807 e. The molecule has 0 radical (unpaired) electrons.